The Hall–Kier alpha value is -1.94. The molecule has 19 heteroatoms. The number of rotatable bonds is 70. The summed E-state index contributed by atoms with van der Waals surface area (Å²) in [5, 5.41) is 10.6. The van der Waals surface area contributed by atoms with Crippen LogP contribution in [0.4, 0.5) is 0 Å². The van der Waals surface area contributed by atoms with E-state index < -0.39 is 97.5 Å². The Bertz CT molecular complexity index is 1790. The lowest BCUT2D eigenvalue weighted by Gasteiger charge is -2.21. The second kappa shape index (κ2) is 62.8. The monoisotopic (exact) mass is 1340 g/mol. The molecule has 0 bridgehead atoms. The van der Waals surface area contributed by atoms with Crippen molar-refractivity contribution in [2.75, 3.05) is 39.6 Å². The van der Waals surface area contributed by atoms with E-state index in [0.29, 0.717) is 25.7 Å². The molecule has 0 amide bonds. The molecule has 0 aliphatic rings. The third kappa shape index (κ3) is 65.1. The zero-order valence-electron chi connectivity index (χ0n) is 59.3. The van der Waals surface area contributed by atoms with Crippen LogP contribution in [0.1, 0.15) is 363 Å². The lowest BCUT2D eigenvalue weighted by molar-refractivity contribution is -0.161. The zero-order valence-corrected chi connectivity index (χ0v) is 61.1. The van der Waals surface area contributed by atoms with Crippen molar-refractivity contribution in [2.24, 2.45) is 17.8 Å². The summed E-state index contributed by atoms with van der Waals surface area (Å²) in [6.45, 7) is 11.8. The van der Waals surface area contributed by atoms with Gasteiger partial charge in [0.1, 0.15) is 19.3 Å². The van der Waals surface area contributed by atoms with Crippen molar-refractivity contribution in [3.8, 4) is 0 Å². The van der Waals surface area contributed by atoms with E-state index in [9.17, 15) is 43.2 Å². The van der Waals surface area contributed by atoms with Gasteiger partial charge in [-0.2, -0.15) is 0 Å². The van der Waals surface area contributed by atoms with Crippen molar-refractivity contribution in [3.63, 3.8) is 0 Å². The Morgan fingerprint density at radius 1 is 0.319 bits per heavy atom. The number of unbranched alkanes of at least 4 members (excludes halogenated alkanes) is 37. The summed E-state index contributed by atoms with van der Waals surface area (Å²) >= 11 is 0. The van der Waals surface area contributed by atoms with Gasteiger partial charge in [-0.3, -0.25) is 37.3 Å². The lowest BCUT2D eigenvalue weighted by atomic mass is 9.99. The zero-order chi connectivity index (χ0) is 67.3. The number of phosphoric ester groups is 2. The number of esters is 4. The SMILES string of the molecule is CCCCCCCCCCC(=O)OC[C@H](COP(=O)(O)OC[C@H](O)COP(=O)(O)OC[C@@H](COC(=O)CCCCCCCCCCCC(C)C)OC(=O)CCCCCCCCCCCCCCCCCCC(C)C)OC(=O)CCCCCCCCCCC(C)CC. The number of aliphatic hydroxyl groups excluding tert-OH is 1. The van der Waals surface area contributed by atoms with Crippen LogP contribution < -0.4 is 0 Å². The Balaban J connectivity index is 5.20. The maximum Gasteiger partial charge on any atom is 0.472 e. The molecule has 0 saturated carbocycles. The van der Waals surface area contributed by atoms with E-state index in [1.54, 1.807) is 0 Å². The molecule has 6 atom stereocenters. The molecule has 0 fully saturated rings. The Morgan fingerprint density at radius 3 is 0.835 bits per heavy atom. The molecule has 540 valence electrons. The summed E-state index contributed by atoms with van der Waals surface area (Å²) in [6, 6.07) is 0. The second-order valence-corrected chi connectivity index (χ2v) is 30.1. The normalized spacial score (nSPS) is 14.5. The minimum Gasteiger partial charge on any atom is -0.462 e. The molecule has 0 spiro atoms. The Labute approximate surface area is 556 Å². The average molecular weight is 1340 g/mol. The van der Waals surface area contributed by atoms with Gasteiger partial charge < -0.3 is 33.8 Å². The van der Waals surface area contributed by atoms with Gasteiger partial charge in [-0.1, -0.05) is 312 Å². The summed E-state index contributed by atoms with van der Waals surface area (Å²) in [5.74, 6) is 0.195. The molecular formula is C72H140O17P2. The quantitative estimate of drug-likeness (QED) is 0.0222. The summed E-state index contributed by atoms with van der Waals surface area (Å²) in [4.78, 5) is 72.5. The third-order valence-corrected chi connectivity index (χ3v) is 18.9. The van der Waals surface area contributed by atoms with Crippen LogP contribution in [-0.2, 0) is 65.4 Å². The van der Waals surface area contributed by atoms with Crippen LogP contribution in [0, 0.1) is 17.8 Å². The highest BCUT2D eigenvalue weighted by atomic mass is 31.2. The molecule has 0 saturated heterocycles. The fourth-order valence-corrected chi connectivity index (χ4v) is 12.4. The Morgan fingerprint density at radius 2 is 0.560 bits per heavy atom. The van der Waals surface area contributed by atoms with Crippen molar-refractivity contribution in [1.29, 1.82) is 0 Å². The molecule has 0 heterocycles. The summed E-state index contributed by atoms with van der Waals surface area (Å²) in [5.41, 5.74) is 0. The van der Waals surface area contributed by atoms with E-state index in [0.717, 1.165) is 114 Å². The van der Waals surface area contributed by atoms with E-state index in [2.05, 4.69) is 48.5 Å². The van der Waals surface area contributed by atoms with Crippen LogP contribution in [-0.4, -0.2) is 96.7 Å². The maximum absolute atomic E-state index is 13.0. The van der Waals surface area contributed by atoms with Gasteiger partial charge in [0.25, 0.3) is 0 Å². The second-order valence-electron chi connectivity index (χ2n) is 27.2. The molecule has 0 aliphatic carbocycles. The van der Waals surface area contributed by atoms with Gasteiger partial charge in [0.15, 0.2) is 12.2 Å². The van der Waals surface area contributed by atoms with Gasteiger partial charge >= 0.3 is 39.5 Å². The fourth-order valence-electron chi connectivity index (χ4n) is 10.9. The topological polar surface area (TPSA) is 237 Å². The van der Waals surface area contributed by atoms with Gasteiger partial charge in [0.05, 0.1) is 26.4 Å². The van der Waals surface area contributed by atoms with Crippen LogP contribution in [0.25, 0.3) is 0 Å². The van der Waals surface area contributed by atoms with Crippen molar-refractivity contribution < 1.29 is 80.2 Å². The molecule has 0 aromatic carbocycles. The van der Waals surface area contributed by atoms with Gasteiger partial charge in [-0.05, 0) is 43.4 Å². The van der Waals surface area contributed by atoms with E-state index in [1.807, 2.05) is 0 Å². The molecule has 0 aromatic heterocycles. The van der Waals surface area contributed by atoms with E-state index in [1.165, 1.54) is 167 Å². The van der Waals surface area contributed by atoms with Crippen molar-refractivity contribution in [2.45, 2.75) is 381 Å². The highest BCUT2D eigenvalue weighted by Crippen LogP contribution is 2.45. The summed E-state index contributed by atoms with van der Waals surface area (Å²) in [6.07, 6.45) is 47.2. The molecule has 0 radical (unpaired) electrons. The van der Waals surface area contributed by atoms with Crippen molar-refractivity contribution >= 4 is 39.5 Å². The highest BCUT2D eigenvalue weighted by molar-refractivity contribution is 7.47. The van der Waals surface area contributed by atoms with Crippen LogP contribution in [0.15, 0.2) is 0 Å². The number of carbonyl (C=O) groups excluding carboxylic acids is 4. The smallest absolute Gasteiger partial charge is 0.462 e. The van der Waals surface area contributed by atoms with Gasteiger partial charge in [-0.25, -0.2) is 9.13 Å². The first kappa shape index (κ1) is 89.1. The van der Waals surface area contributed by atoms with Crippen LogP contribution >= 0.6 is 15.6 Å². The minimum absolute atomic E-state index is 0.105. The van der Waals surface area contributed by atoms with Crippen molar-refractivity contribution in [3.05, 3.63) is 0 Å². The number of aliphatic hydroxyl groups is 1. The minimum atomic E-state index is -4.95. The third-order valence-electron chi connectivity index (χ3n) is 17.0. The van der Waals surface area contributed by atoms with E-state index in [4.69, 9.17) is 37.0 Å². The maximum atomic E-state index is 13.0. The molecule has 3 unspecified atom stereocenters. The van der Waals surface area contributed by atoms with Crippen LogP contribution in [0.2, 0.25) is 0 Å². The molecule has 3 N–H and O–H groups in total. The number of carbonyl (C=O) groups is 4. The Kier molecular flexibility index (Phi) is 61.5. The van der Waals surface area contributed by atoms with Crippen LogP contribution in [0.5, 0.6) is 0 Å². The fraction of sp³-hybridized carbons (Fsp3) is 0.944. The van der Waals surface area contributed by atoms with Crippen LogP contribution in [0.3, 0.4) is 0 Å². The van der Waals surface area contributed by atoms with Gasteiger partial charge in [0, 0.05) is 25.7 Å². The number of hydrogen-bond donors (Lipinski definition) is 3. The first-order valence-corrected chi connectivity index (χ1v) is 40.4. The number of ether oxygens (including phenoxy) is 4. The number of phosphoric acid groups is 2. The largest absolute Gasteiger partial charge is 0.472 e. The summed E-state index contributed by atoms with van der Waals surface area (Å²) < 4.78 is 68.3. The molecule has 0 aromatic rings. The highest BCUT2D eigenvalue weighted by Gasteiger charge is 2.30. The molecule has 0 aliphatic heterocycles. The lowest BCUT2D eigenvalue weighted by Crippen LogP contribution is -2.30. The van der Waals surface area contributed by atoms with E-state index in [-0.39, 0.29) is 25.7 Å². The van der Waals surface area contributed by atoms with Gasteiger partial charge in [0.2, 0.25) is 0 Å². The van der Waals surface area contributed by atoms with Crippen molar-refractivity contribution in [1.82, 2.24) is 0 Å². The number of hydrogen-bond acceptors (Lipinski definition) is 15. The standard InChI is InChI=1S/C72H140O17P2/c1-8-10-11-12-13-32-39-46-53-69(74)82-59-67(89-72(77)56-49-42-35-28-27-31-38-45-52-65(7)9-2)61-86-90(78,79)84-57-66(73)58-85-91(80,81)87-62-68(60-83-70(75)54-47-40-33-26-22-24-30-37-44-51-64(5)6)88-71(76)55-48-41-34-25-21-19-17-15-14-16-18-20-23-29-36-43-50-63(3)4/h63-68,73H,8-62H2,1-7H3,(H,78,79)(H,80,81)/t65?,66-,67+,68+/m0/s1. The average Bonchev–Trinajstić information content (AvgIpc) is 2.81. The first-order valence-electron chi connectivity index (χ1n) is 37.4. The van der Waals surface area contributed by atoms with E-state index >= 15 is 0 Å². The predicted molar refractivity (Wildman–Crippen MR) is 368 cm³/mol. The first-order chi connectivity index (χ1) is 43.8. The molecular weight excluding hydrogens is 1200 g/mol. The predicted octanol–water partition coefficient (Wildman–Crippen LogP) is 20.6. The molecule has 17 nitrogen and oxygen atoms in total. The molecule has 91 heavy (non-hydrogen) atoms. The van der Waals surface area contributed by atoms with Gasteiger partial charge in [-0.15, -0.1) is 0 Å². The summed E-state index contributed by atoms with van der Waals surface area (Å²) in [7, 11) is -9.90. The molecule has 0 rings (SSSR count).